The highest BCUT2D eigenvalue weighted by Gasteiger charge is 2.22. The maximum absolute atomic E-state index is 11.7. The van der Waals surface area contributed by atoms with Gasteiger partial charge in [-0.15, -0.1) is 0 Å². The first-order valence-corrected chi connectivity index (χ1v) is 6.73. The van der Waals surface area contributed by atoms with Gasteiger partial charge in [-0.3, -0.25) is 15.0 Å². The molecule has 0 aliphatic carbocycles. The Labute approximate surface area is 115 Å². The molecule has 0 atom stereocenters. The van der Waals surface area contributed by atoms with E-state index in [0.29, 0.717) is 13.1 Å². The molecule has 6 heteroatoms. The van der Waals surface area contributed by atoms with Gasteiger partial charge < -0.3 is 10.5 Å². The number of nitrogens with one attached hydrogen (secondary N) is 1. The molecule has 0 rings (SSSR count). The number of nitrogens with two attached hydrogens (primary N) is 1. The minimum atomic E-state index is -0.693. The van der Waals surface area contributed by atoms with Gasteiger partial charge in [-0.1, -0.05) is 20.8 Å². The third-order valence-corrected chi connectivity index (χ3v) is 2.63. The van der Waals surface area contributed by atoms with Gasteiger partial charge in [0, 0.05) is 6.54 Å². The lowest BCUT2D eigenvalue weighted by Gasteiger charge is -2.31. The maximum atomic E-state index is 11.7. The zero-order valence-corrected chi connectivity index (χ0v) is 12.5. The number of carbonyl (C=O) groups excluding carboxylic acids is 2. The molecule has 3 N–H and O–H groups in total. The van der Waals surface area contributed by atoms with Crippen molar-refractivity contribution in [3.05, 3.63) is 0 Å². The summed E-state index contributed by atoms with van der Waals surface area (Å²) >= 11 is 0. The highest BCUT2D eigenvalue weighted by atomic mass is 16.5. The summed E-state index contributed by atoms with van der Waals surface area (Å²) in [6, 6.07) is 0. The number of hydrogen-bond acceptors (Lipinski definition) is 5. The molecular formula is C13H27N3O3. The summed E-state index contributed by atoms with van der Waals surface area (Å²) in [5, 5.41) is 2.20. The Morgan fingerprint density at radius 3 is 2.42 bits per heavy atom. The number of rotatable bonds is 8. The number of imide groups is 1. The van der Waals surface area contributed by atoms with Crippen molar-refractivity contribution in [3.63, 3.8) is 0 Å². The van der Waals surface area contributed by atoms with E-state index < -0.39 is 6.09 Å². The molecule has 0 aromatic carbocycles. The molecule has 0 aliphatic heterocycles. The molecule has 0 aromatic heterocycles. The quantitative estimate of drug-likeness (QED) is 0.688. The van der Waals surface area contributed by atoms with Crippen molar-refractivity contribution in [2.45, 2.75) is 34.1 Å². The first-order chi connectivity index (χ1) is 8.84. The molecule has 0 aromatic rings. The van der Waals surface area contributed by atoms with Gasteiger partial charge in [0.05, 0.1) is 13.2 Å². The van der Waals surface area contributed by atoms with Gasteiger partial charge in [-0.2, -0.15) is 0 Å². The SMILES string of the molecule is CCCN(CC(=O)NC(=O)OCC)CC(C)(C)CN. The fourth-order valence-electron chi connectivity index (χ4n) is 1.72. The van der Waals surface area contributed by atoms with Crippen molar-refractivity contribution in [3.8, 4) is 0 Å². The molecule has 0 saturated carbocycles. The van der Waals surface area contributed by atoms with Gasteiger partial charge in [-0.25, -0.2) is 4.79 Å². The second-order valence-corrected chi connectivity index (χ2v) is 5.35. The summed E-state index contributed by atoms with van der Waals surface area (Å²) in [4.78, 5) is 24.8. The molecule has 0 aliphatic rings. The topological polar surface area (TPSA) is 84.7 Å². The molecule has 6 nitrogen and oxygen atoms in total. The lowest BCUT2D eigenvalue weighted by Crippen LogP contribution is -2.45. The minimum Gasteiger partial charge on any atom is -0.450 e. The van der Waals surface area contributed by atoms with Gasteiger partial charge in [0.2, 0.25) is 5.91 Å². The van der Waals surface area contributed by atoms with E-state index in [0.717, 1.165) is 13.0 Å². The first-order valence-electron chi connectivity index (χ1n) is 6.73. The van der Waals surface area contributed by atoms with Gasteiger partial charge in [0.1, 0.15) is 0 Å². The number of carbonyl (C=O) groups is 2. The fourth-order valence-corrected chi connectivity index (χ4v) is 1.72. The highest BCUT2D eigenvalue weighted by molar-refractivity contribution is 5.92. The van der Waals surface area contributed by atoms with Crippen molar-refractivity contribution in [1.29, 1.82) is 0 Å². The van der Waals surface area contributed by atoms with Gasteiger partial charge in [0.25, 0.3) is 0 Å². The predicted molar refractivity (Wildman–Crippen MR) is 74.7 cm³/mol. The van der Waals surface area contributed by atoms with Crippen LogP contribution in [0.2, 0.25) is 0 Å². The second-order valence-electron chi connectivity index (χ2n) is 5.35. The van der Waals surface area contributed by atoms with Crippen molar-refractivity contribution in [2.24, 2.45) is 11.1 Å². The molecule has 0 spiro atoms. The highest BCUT2D eigenvalue weighted by Crippen LogP contribution is 2.14. The van der Waals surface area contributed by atoms with Crippen molar-refractivity contribution in [2.75, 3.05) is 32.8 Å². The van der Waals surface area contributed by atoms with Crippen molar-refractivity contribution in [1.82, 2.24) is 10.2 Å². The zero-order chi connectivity index (χ0) is 14.9. The Balaban J connectivity index is 4.33. The third kappa shape index (κ3) is 8.56. The molecule has 0 radical (unpaired) electrons. The van der Waals surface area contributed by atoms with Crippen LogP contribution in [0.1, 0.15) is 34.1 Å². The largest absolute Gasteiger partial charge is 0.450 e. The lowest BCUT2D eigenvalue weighted by molar-refractivity contribution is -0.121. The van der Waals surface area contributed by atoms with Crippen LogP contribution < -0.4 is 11.1 Å². The van der Waals surface area contributed by atoms with Crippen molar-refractivity contribution >= 4 is 12.0 Å². The molecule has 112 valence electrons. The molecular weight excluding hydrogens is 246 g/mol. The van der Waals surface area contributed by atoms with Crippen LogP contribution in [-0.4, -0.2) is 49.7 Å². The van der Waals surface area contributed by atoms with Gasteiger partial charge in [-0.05, 0) is 31.8 Å². The van der Waals surface area contributed by atoms with Crippen LogP contribution in [0.25, 0.3) is 0 Å². The molecule has 0 saturated heterocycles. The van der Waals surface area contributed by atoms with Crippen LogP contribution in [-0.2, 0) is 9.53 Å². The van der Waals surface area contributed by atoms with Crippen molar-refractivity contribution < 1.29 is 14.3 Å². The molecule has 0 bridgehead atoms. The lowest BCUT2D eigenvalue weighted by atomic mass is 9.93. The first kappa shape index (κ1) is 17.9. The summed E-state index contributed by atoms with van der Waals surface area (Å²) in [5.41, 5.74) is 5.64. The van der Waals surface area contributed by atoms with Gasteiger partial charge >= 0.3 is 6.09 Å². The van der Waals surface area contributed by atoms with E-state index in [1.165, 1.54) is 0 Å². The molecule has 0 fully saturated rings. The number of hydrogen-bond donors (Lipinski definition) is 2. The zero-order valence-electron chi connectivity index (χ0n) is 12.5. The Morgan fingerprint density at radius 1 is 1.32 bits per heavy atom. The van der Waals surface area contributed by atoms with E-state index >= 15 is 0 Å². The van der Waals surface area contributed by atoms with Crippen LogP contribution in [0, 0.1) is 5.41 Å². The van der Waals surface area contributed by atoms with Crippen LogP contribution in [0.5, 0.6) is 0 Å². The average Bonchev–Trinajstić information content (AvgIpc) is 2.28. The predicted octanol–water partition coefficient (Wildman–Crippen LogP) is 0.956. The number of alkyl carbamates (subject to hydrolysis) is 1. The smallest absolute Gasteiger partial charge is 0.413 e. The third-order valence-electron chi connectivity index (χ3n) is 2.63. The Hall–Kier alpha value is -1.14. The van der Waals surface area contributed by atoms with Crippen LogP contribution in [0.4, 0.5) is 4.79 Å². The summed E-state index contributed by atoms with van der Waals surface area (Å²) in [6.45, 7) is 10.3. The van der Waals surface area contributed by atoms with E-state index in [9.17, 15) is 9.59 Å². The second kappa shape index (κ2) is 8.87. The summed E-state index contributed by atoms with van der Waals surface area (Å²) < 4.78 is 4.67. The monoisotopic (exact) mass is 273 g/mol. The number of nitrogens with zero attached hydrogens (tertiary/aromatic N) is 1. The Kier molecular flexibility index (Phi) is 8.34. The van der Waals surface area contributed by atoms with Gasteiger partial charge in [0.15, 0.2) is 0 Å². The maximum Gasteiger partial charge on any atom is 0.413 e. The summed E-state index contributed by atoms with van der Waals surface area (Å²) in [6.07, 6.45) is 0.245. The van der Waals surface area contributed by atoms with E-state index in [4.69, 9.17) is 5.73 Å². The average molecular weight is 273 g/mol. The number of ether oxygens (including phenoxy) is 1. The van der Waals surface area contributed by atoms with E-state index in [1.54, 1.807) is 6.92 Å². The fraction of sp³-hybridized carbons (Fsp3) is 0.846. The summed E-state index contributed by atoms with van der Waals surface area (Å²) in [5.74, 6) is -0.347. The van der Waals surface area contributed by atoms with Crippen LogP contribution in [0.3, 0.4) is 0 Å². The molecule has 19 heavy (non-hydrogen) atoms. The normalized spacial score (nSPS) is 11.5. The summed E-state index contributed by atoms with van der Waals surface area (Å²) in [7, 11) is 0. The number of amides is 2. The van der Waals surface area contributed by atoms with Crippen LogP contribution >= 0.6 is 0 Å². The Bertz CT molecular complexity index is 293. The van der Waals surface area contributed by atoms with Crippen LogP contribution in [0.15, 0.2) is 0 Å². The van der Waals surface area contributed by atoms with E-state index in [2.05, 4.69) is 23.9 Å². The molecule has 0 unspecified atom stereocenters. The van der Waals surface area contributed by atoms with E-state index in [-0.39, 0.29) is 24.5 Å². The molecule has 0 heterocycles. The Morgan fingerprint density at radius 2 is 1.95 bits per heavy atom. The molecule has 2 amide bonds. The van der Waals surface area contributed by atoms with E-state index in [1.807, 2.05) is 11.8 Å². The standard InChI is InChI=1S/C13H27N3O3/c1-5-7-16(10-13(3,4)9-14)8-11(17)15-12(18)19-6-2/h5-10,14H2,1-4H3,(H,15,17,18). The minimum absolute atomic E-state index is 0.0562.